The lowest BCUT2D eigenvalue weighted by Gasteiger charge is -2.10. The number of benzene rings is 12. The standard InChI is InChI=1S/C29H28NO.2C28H26NO.C26H22NO/c1-19(2)17-21-10-12-22(13-11-21)23-15-16-30(4)26(18-23)28-20(3)9-14-25-24-7-5-6-8-27(24)31-29(25)28;1-18(2)20-8-7-9-21(16-20)22-14-15-29(4)25(17-22)27-19(3)12-13-24-23-10-5-6-11-26(23)30-28(24)27;1-18(2)20-10-12-21(13-11-20)22-15-16-29(4)25(17-22)27-19(3)9-14-24-23-7-5-6-8-26(23)30-28(24)27;1-17-8-11-19(12-9-17)20-14-15-27(3)23(16-20)25-18(2)10-13-22-21-6-4-5-7-24(21)28-26(22)25/h5-16,18-19H,17H2,1-4H3;2*5-18H,1-4H3;4-16H,1-3H3/q4*+1/i1D3,19D;2*1D3,18D;. The van der Waals surface area contributed by atoms with Crippen LogP contribution in [0.2, 0.25) is 0 Å². The summed E-state index contributed by atoms with van der Waals surface area (Å²) in [5.41, 5.74) is 31.6. The van der Waals surface area contributed by atoms with Crippen LogP contribution in [-0.2, 0) is 34.6 Å². The monoisotopic (exact) mass is 1570 g/mol. The Morgan fingerprint density at radius 2 is 0.580 bits per heavy atom. The number of aryl methyl sites for hydroxylation is 9. The second-order valence-corrected chi connectivity index (χ2v) is 31.5. The molecule has 8 heteroatoms. The van der Waals surface area contributed by atoms with Crippen LogP contribution in [0.25, 0.3) is 177 Å². The van der Waals surface area contributed by atoms with E-state index in [1.807, 2.05) is 167 Å². The predicted molar refractivity (Wildman–Crippen MR) is 493 cm³/mol. The number of hydrogen-bond donors (Lipinski definition) is 0. The molecule has 8 nitrogen and oxygen atoms in total. The average molecular weight is 1570 g/mol. The zero-order chi connectivity index (χ0) is 92.7. The van der Waals surface area contributed by atoms with Gasteiger partial charge in [-0.2, -0.15) is 0 Å². The minimum Gasteiger partial charge on any atom is -0.455 e. The largest absolute Gasteiger partial charge is 0.455 e. The molecule has 0 radical (unpaired) electrons. The molecule has 8 heterocycles. The van der Waals surface area contributed by atoms with E-state index in [9.17, 15) is 0 Å². The number of para-hydroxylation sites is 4. The molecule has 0 amide bonds. The second-order valence-electron chi connectivity index (χ2n) is 31.5. The van der Waals surface area contributed by atoms with Gasteiger partial charge in [0.2, 0.25) is 22.8 Å². The summed E-state index contributed by atoms with van der Waals surface area (Å²) in [6.45, 7) is 7.75. The Labute approximate surface area is 714 Å². The summed E-state index contributed by atoms with van der Waals surface area (Å²) in [5.74, 6) is -4.87. The molecule has 3 atom stereocenters. The van der Waals surface area contributed by atoms with Gasteiger partial charge >= 0.3 is 0 Å². The van der Waals surface area contributed by atoms with Crippen LogP contribution in [0.3, 0.4) is 0 Å². The van der Waals surface area contributed by atoms with Gasteiger partial charge in [0, 0.05) is 108 Å². The molecule has 0 fully saturated rings. The number of pyridine rings is 4. The van der Waals surface area contributed by atoms with Gasteiger partial charge in [-0.25, -0.2) is 18.3 Å². The van der Waals surface area contributed by atoms with Crippen molar-refractivity contribution in [2.24, 2.45) is 34.1 Å². The van der Waals surface area contributed by atoms with Crippen LogP contribution in [-0.4, -0.2) is 0 Å². The topological polar surface area (TPSA) is 68.1 Å². The summed E-state index contributed by atoms with van der Waals surface area (Å²) in [4.78, 5) is 0. The van der Waals surface area contributed by atoms with E-state index in [-0.39, 0.29) is 6.42 Å². The maximum Gasteiger partial charge on any atom is 0.216 e. The molecule has 0 aliphatic carbocycles. The SMILES string of the molecule is Cc1ccc(-c2cc[n+](C)c(-c3c(C)ccc4c3oc3ccccc34)c2)cc1.[2H]C([2H])([2H])C([2H])(C)Cc1ccc(-c2cc[n+](C)c(-c3c(C)ccc4c3oc3ccccc34)c2)cc1.[2H]C([2H])([2H])C([2H])(C)c1ccc(-c2cc[n+](C)c(-c3c(C)ccc4c3oc3ccccc34)c2)cc1.[2H]C([2H])([2H])C([2H])(C)c1cccc(-c2cc[n+](C)c(-c3c(C)ccc4c3oc3ccccc34)c2)c1. The van der Waals surface area contributed by atoms with Crippen LogP contribution in [0.5, 0.6) is 0 Å². The summed E-state index contributed by atoms with van der Waals surface area (Å²) >= 11 is 0. The van der Waals surface area contributed by atoms with Crippen molar-refractivity contribution in [3.63, 3.8) is 0 Å². The molecule has 0 N–H and O–H groups in total. The van der Waals surface area contributed by atoms with E-state index < -0.39 is 38.2 Å². The fourth-order valence-corrected chi connectivity index (χ4v) is 16.5. The molecule has 12 aromatic carbocycles. The number of rotatable bonds is 12. The number of fused-ring (bicyclic) bond motifs is 12. The van der Waals surface area contributed by atoms with Crippen molar-refractivity contribution in [3.8, 4) is 89.5 Å². The average Bonchev–Trinajstić information content (AvgIpc) is 1.64. The Kier molecular flexibility index (Phi) is 17.8. The summed E-state index contributed by atoms with van der Waals surface area (Å²) in [6, 6.07) is 97.6. The van der Waals surface area contributed by atoms with E-state index in [1.165, 1.54) is 43.0 Å². The van der Waals surface area contributed by atoms with Crippen LogP contribution in [0, 0.1) is 40.5 Å². The molecule has 119 heavy (non-hydrogen) atoms. The zero-order valence-electron chi connectivity index (χ0n) is 81.2. The fraction of sp³-hybridized carbons (Fsp3) is 0.171. The Hall–Kier alpha value is -13.6. The van der Waals surface area contributed by atoms with Crippen molar-refractivity contribution in [3.05, 3.63) is 360 Å². The van der Waals surface area contributed by atoms with E-state index in [4.69, 9.17) is 34.1 Å². The van der Waals surface area contributed by atoms with Crippen LogP contribution >= 0.6 is 0 Å². The molecule has 3 unspecified atom stereocenters. The third-order valence-corrected chi connectivity index (χ3v) is 23.1. The molecular weight excluding hydrogens is 1450 g/mol. The van der Waals surface area contributed by atoms with Gasteiger partial charge in [-0.05, 0) is 166 Å². The van der Waals surface area contributed by atoms with Gasteiger partial charge in [0.25, 0.3) is 0 Å². The van der Waals surface area contributed by atoms with Crippen LogP contribution < -0.4 is 18.3 Å². The lowest BCUT2D eigenvalue weighted by molar-refractivity contribution is -0.660. The Morgan fingerprint density at radius 1 is 0.277 bits per heavy atom. The van der Waals surface area contributed by atoms with Gasteiger partial charge in [0.1, 0.15) is 72.9 Å². The maximum atomic E-state index is 8.48. The first-order valence-electron chi connectivity index (χ1n) is 46.3. The Balaban J connectivity index is 0.000000123. The second kappa shape index (κ2) is 32.8. The first kappa shape index (κ1) is 64.6. The van der Waals surface area contributed by atoms with Gasteiger partial charge in [0.05, 0.1) is 22.3 Å². The molecular formula is C111H102N4O4+4. The lowest BCUT2D eigenvalue weighted by Crippen LogP contribution is -2.30. The van der Waals surface area contributed by atoms with E-state index >= 15 is 0 Å². The minimum absolute atomic E-state index is 0.173. The highest BCUT2D eigenvalue weighted by Crippen LogP contribution is 2.44. The molecule has 0 saturated heterocycles. The number of hydrogen-bond acceptors (Lipinski definition) is 4. The third-order valence-electron chi connectivity index (χ3n) is 23.1. The number of aromatic nitrogens is 4. The van der Waals surface area contributed by atoms with E-state index in [0.717, 1.165) is 188 Å². The molecule has 0 spiro atoms. The van der Waals surface area contributed by atoms with Crippen molar-refractivity contribution in [1.29, 1.82) is 0 Å². The molecule has 8 aromatic heterocycles. The first-order chi connectivity index (χ1) is 62.3. The van der Waals surface area contributed by atoms with Gasteiger partial charge in [-0.15, -0.1) is 0 Å². The number of nitrogens with zero attached hydrogens (tertiary/aromatic N) is 4. The molecule has 586 valence electrons. The lowest BCUT2D eigenvalue weighted by atomic mass is 9.95. The van der Waals surface area contributed by atoms with Gasteiger partial charge in [-0.1, -0.05) is 265 Å². The highest BCUT2D eigenvalue weighted by atomic mass is 16.3. The van der Waals surface area contributed by atoms with Crippen molar-refractivity contribution >= 4 is 87.8 Å². The highest BCUT2D eigenvalue weighted by molar-refractivity contribution is 6.13. The highest BCUT2D eigenvalue weighted by Gasteiger charge is 2.27. The Morgan fingerprint density at radius 3 is 0.916 bits per heavy atom. The van der Waals surface area contributed by atoms with Crippen molar-refractivity contribution in [1.82, 2.24) is 0 Å². The molecule has 0 bridgehead atoms. The van der Waals surface area contributed by atoms with E-state index in [2.05, 4.69) is 212 Å². The molecule has 20 rings (SSSR count). The van der Waals surface area contributed by atoms with Crippen molar-refractivity contribution in [2.75, 3.05) is 0 Å². The third kappa shape index (κ3) is 15.4. The molecule has 0 saturated carbocycles. The molecule has 20 aromatic rings. The van der Waals surface area contributed by atoms with Crippen molar-refractivity contribution < 1.29 is 52.4 Å². The van der Waals surface area contributed by atoms with Crippen molar-refractivity contribution in [2.45, 2.75) is 94.2 Å². The summed E-state index contributed by atoms with van der Waals surface area (Å²) in [5, 5.41) is 8.88. The molecule has 0 aliphatic rings. The Bertz CT molecular complexity index is 7780. The van der Waals surface area contributed by atoms with Crippen LogP contribution in [0.4, 0.5) is 0 Å². The normalized spacial score (nSPS) is 14.9. The van der Waals surface area contributed by atoms with Gasteiger partial charge < -0.3 is 17.7 Å². The summed E-state index contributed by atoms with van der Waals surface area (Å²) < 4.78 is 128. The van der Waals surface area contributed by atoms with Gasteiger partial charge in [0.15, 0.2) is 24.8 Å². The molecule has 0 aliphatic heterocycles. The maximum absolute atomic E-state index is 8.48. The smallest absolute Gasteiger partial charge is 0.216 e. The van der Waals surface area contributed by atoms with Crippen LogP contribution in [0.1, 0.15) is 114 Å². The summed E-state index contributed by atoms with van der Waals surface area (Å²) in [7, 11) is 8.15. The number of furan rings is 4. The summed E-state index contributed by atoms with van der Waals surface area (Å²) in [6.07, 6.45) is 8.38. The fourth-order valence-electron chi connectivity index (χ4n) is 16.5. The van der Waals surface area contributed by atoms with E-state index in [0.29, 0.717) is 11.1 Å². The first-order valence-corrected chi connectivity index (χ1v) is 40.3. The van der Waals surface area contributed by atoms with E-state index in [1.54, 1.807) is 18.2 Å². The zero-order valence-corrected chi connectivity index (χ0v) is 69.2. The van der Waals surface area contributed by atoms with Gasteiger partial charge in [-0.3, -0.25) is 0 Å². The minimum atomic E-state index is -2.42. The van der Waals surface area contributed by atoms with Crippen LogP contribution in [0.15, 0.2) is 334 Å². The predicted octanol–water partition coefficient (Wildman–Crippen LogP) is 28.0. The quantitative estimate of drug-likeness (QED) is 0.114.